The lowest BCUT2D eigenvalue weighted by Gasteiger charge is -2.26. The van der Waals surface area contributed by atoms with Gasteiger partial charge in [0.25, 0.3) is 0 Å². The van der Waals surface area contributed by atoms with Crippen LogP contribution in [0.3, 0.4) is 0 Å². The van der Waals surface area contributed by atoms with Crippen LogP contribution in [0.1, 0.15) is 52.9 Å². The van der Waals surface area contributed by atoms with Crippen LogP contribution in [0.25, 0.3) is 0 Å². The highest BCUT2D eigenvalue weighted by molar-refractivity contribution is 5.67. The zero-order chi connectivity index (χ0) is 16.4. The van der Waals surface area contributed by atoms with Crippen molar-refractivity contribution in [2.45, 2.75) is 70.6 Å². The molecule has 2 unspecified atom stereocenters. The Balaban J connectivity index is 2.20. The van der Waals surface area contributed by atoms with Crippen molar-refractivity contribution in [2.75, 3.05) is 20.3 Å². The first-order valence-corrected chi connectivity index (χ1v) is 8.27. The van der Waals surface area contributed by atoms with Gasteiger partial charge in [0.15, 0.2) is 0 Å². The second-order valence-electron chi connectivity index (χ2n) is 6.87. The van der Waals surface area contributed by atoms with Gasteiger partial charge in [0, 0.05) is 25.7 Å². The van der Waals surface area contributed by atoms with Crippen LogP contribution in [0, 0.1) is 0 Å². The number of allylic oxidation sites excluding steroid dienone is 1. The molecule has 128 valence electrons. The van der Waals surface area contributed by atoms with E-state index in [9.17, 15) is 4.79 Å². The van der Waals surface area contributed by atoms with Crippen molar-refractivity contribution >= 4 is 6.09 Å². The molecule has 0 aromatic rings. The number of methoxy groups -OCH3 is 1. The van der Waals surface area contributed by atoms with Gasteiger partial charge in [-0.25, -0.2) is 4.79 Å². The maximum Gasteiger partial charge on any atom is 0.407 e. The molecule has 2 N–H and O–H groups in total. The Kier molecular flexibility index (Phi) is 8.49. The third-order valence-corrected chi connectivity index (χ3v) is 3.51. The van der Waals surface area contributed by atoms with E-state index in [1.165, 1.54) is 6.42 Å². The van der Waals surface area contributed by atoms with Crippen molar-refractivity contribution in [3.63, 3.8) is 0 Å². The van der Waals surface area contributed by atoms with Gasteiger partial charge in [-0.3, -0.25) is 0 Å². The van der Waals surface area contributed by atoms with Crippen molar-refractivity contribution in [1.82, 2.24) is 10.6 Å². The third-order valence-electron chi connectivity index (χ3n) is 3.51. The zero-order valence-corrected chi connectivity index (χ0v) is 14.5. The highest BCUT2D eigenvalue weighted by Crippen LogP contribution is 2.12. The molecule has 2 atom stereocenters. The minimum Gasteiger partial charge on any atom is -0.444 e. The summed E-state index contributed by atoms with van der Waals surface area (Å²) in [6.07, 6.45) is 9.46. The molecule has 1 aliphatic rings. The lowest BCUT2D eigenvalue weighted by Crippen LogP contribution is -2.42. The molecular weight excluding hydrogens is 280 g/mol. The number of carbonyl (C=O) groups excluding carboxylic acids is 1. The van der Waals surface area contributed by atoms with Gasteiger partial charge in [-0.2, -0.15) is 0 Å². The smallest absolute Gasteiger partial charge is 0.407 e. The summed E-state index contributed by atoms with van der Waals surface area (Å²) in [5, 5.41) is 6.46. The molecule has 0 heterocycles. The molecule has 0 saturated carbocycles. The fraction of sp³-hybridized carbons (Fsp3) is 0.824. The van der Waals surface area contributed by atoms with Crippen LogP contribution < -0.4 is 10.6 Å². The van der Waals surface area contributed by atoms with Gasteiger partial charge in [0.1, 0.15) is 5.60 Å². The summed E-state index contributed by atoms with van der Waals surface area (Å²) in [7, 11) is 1.73. The Morgan fingerprint density at radius 3 is 2.73 bits per heavy atom. The first-order chi connectivity index (χ1) is 10.4. The van der Waals surface area contributed by atoms with E-state index >= 15 is 0 Å². The summed E-state index contributed by atoms with van der Waals surface area (Å²) >= 11 is 0. The molecule has 0 bridgehead atoms. The minimum atomic E-state index is -0.446. The highest BCUT2D eigenvalue weighted by atomic mass is 16.6. The summed E-state index contributed by atoms with van der Waals surface area (Å²) in [5.41, 5.74) is -0.446. The molecule has 5 nitrogen and oxygen atoms in total. The molecule has 0 aromatic carbocycles. The normalized spacial score (nSPS) is 19.7. The number of nitrogens with one attached hydrogen (secondary N) is 2. The molecule has 1 aliphatic carbocycles. The lowest BCUT2D eigenvalue weighted by molar-refractivity contribution is 0.0526. The number of amides is 1. The van der Waals surface area contributed by atoms with Gasteiger partial charge >= 0.3 is 6.09 Å². The van der Waals surface area contributed by atoms with Crippen LogP contribution in [0.4, 0.5) is 4.79 Å². The zero-order valence-electron chi connectivity index (χ0n) is 14.5. The number of hydrogen-bond donors (Lipinski definition) is 2. The highest BCUT2D eigenvalue weighted by Gasteiger charge is 2.17. The average molecular weight is 312 g/mol. The summed E-state index contributed by atoms with van der Waals surface area (Å²) in [5.74, 6) is 0. The third kappa shape index (κ3) is 9.05. The molecular formula is C17H32N2O3. The molecule has 1 amide bonds. The largest absolute Gasteiger partial charge is 0.444 e. The maximum absolute atomic E-state index is 11.6. The summed E-state index contributed by atoms with van der Waals surface area (Å²) in [6.45, 7) is 6.92. The molecule has 0 saturated heterocycles. The summed E-state index contributed by atoms with van der Waals surface area (Å²) < 4.78 is 10.5. The monoisotopic (exact) mass is 312 g/mol. The van der Waals surface area contributed by atoms with E-state index in [1.54, 1.807) is 7.11 Å². The van der Waals surface area contributed by atoms with Crippen LogP contribution in [0.15, 0.2) is 12.2 Å². The number of rotatable bonds is 8. The molecule has 0 radical (unpaired) electrons. The molecule has 1 rings (SSSR count). The first-order valence-electron chi connectivity index (χ1n) is 8.27. The number of carbonyl (C=O) groups is 1. The van der Waals surface area contributed by atoms with Crippen LogP contribution in [-0.2, 0) is 9.47 Å². The van der Waals surface area contributed by atoms with Crippen LogP contribution in [-0.4, -0.2) is 44.0 Å². The van der Waals surface area contributed by atoms with E-state index in [0.717, 1.165) is 25.7 Å². The van der Waals surface area contributed by atoms with Gasteiger partial charge in [-0.1, -0.05) is 12.2 Å². The van der Waals surface area contributed by atoms with E-state index in [-0.39, 0.29) is 6.09 Å². The molecule has 22 heavy (non-hydrogen) atoms. The van der Waals surface area contributed by atoms with Gasteiger partial charge < -0.3 is 20.1 Å². The van der Waals surface area contributed by atoms with Crippen molar-refractivity contribution in [2.24, 2.45) is 0 Å². The van der Waals surface area contributed by atoms with E-state index in [2.05, 4.69) is 22.8 Å². The number of alkyl carbamates (subject to hydrolysis) is 1. The van der Waals surface area contributed by atoms with Crippen LogP contribution >= 0.6 is 0 Å². The second kappa shape index (κ2) is 9.85. The molecule has 0 spiro atoms. The summed E-state index contributed by atoms with van der Waals surface area (Å²) in [6, 6.07) is 0.880. The van der Waals surface area contributed by atoms with Gasteiger partial charge in [-0.15, -0.1) is 0 Å². The minimum absolute atomic E-state index is 0.335. The Hall–Kier alpha value is -1.07. The van der Waals surface area contributed by atoms with E-state index in [4.69, 9.17) is 9.47 Å². The fourth-order valence-electron chi connectivity index (χ4n) is 2.55. The fourth-order valence-corrected chi connectivity index (χ4v) is 2.55. The topological polar surface area (TPSA) is 59.6 Å². The summed E-state index contributed by atoms with van der Waals surface area (Å²) in [4.78, 5) is 11.6. The Labute approximate surface area is 134 Å². The Bertz CT molecular complexity index is 350. The van der Waals surface area contributed by atoms with Crippen molar-refractivity contribution in [3.05, 3.63) is 12.2 Å². The first kappa shape index (κ1) is 19.0. The van der Waals surface area contributed by atoms with Crippen molar-refractivity contribution in [1.29, 1.82) is 0 Å². The molecule has 0 fully saturated rings. The van der Waals surface area contributed by atoms with Crippen molar-refractivity contribution < 1.29 is 14.3 Å². The second-order valence-corrected chi connectivity index (χ2v) is 6.87. The van der Waals surface area contributed by atoms with Crippen molar-refractivity contribution in [3.8, 4) is 0 Å². The maximum atomic E-state index is 11.6. The Morgan fingerprint density at radius 1 is 1.36 bits per heavy atom. The van der Waals surface area contributed by atoms with Crippen LogP contribution in [0.2, 0.25) is 0 Å². The quantitative estimate of drug-likeness (QED) is 0.534. The average Bonchev–Trinajstić information content (AvgIpc) is 2.43. The van der Waals surface area contributed by atoms with Crippen LogP contribution in [0.5, 0.6) is 0 Å². The predicted octanol–water partition coefficient (Wildman–Crippen LogP) is 3.00. The number of ether oxygens (including phenoxy) is 2. The standard InChI is InChI=1S/C17H32N2O3/c1-17(2,3)22-16(20)18-12-8-11-15(13-21-4)19-14-9-6-5-7-10-14/h5-6,14-15,19H,7-13H2,1-4H3,(H,18,20). The van der Waals surface area contributed by atoms with Gasteiger partial charge in [-0.05, 0) is 52.9 Å². The van der Waals surface area contributed by atoms with E-state index in [1.807, 2.05) is 20.8 Å². The lowest BCUT2D eigenvalue weighted by atomic mass is 10.00. The van der Waals surface area contributed by atoms with E-state index < -0.39 is 5.60 Å². The van der Waals surface area contributed by atoms with Gasteiger partial charge in [0.2, 0.25) is 0 Å². The molecule has 0 aliphatic heterocycles. The number of hydrogen-bond acceptors (Lipinski definition) is 4. The molecule has 0 aromatic heterocycles. The predicted molar refractivity (Wildman–Crippen MR) is 89.0 cm³/mol. The molecule has 5 heteroatoms. The SMILES string of the molecule is COCC(CCCNC(=O)OC(C)(C)C)NC1CC=CCC1. The van der Waals surface area contributed by atoms with E-state index in [0.29, 0.717) is 25.2 Å². The Morgan fingerprint density at radius 2 is 2.14 bits per heavy atom. The van der Waals surface area contributed by atoms with Gasteiger partial charge in [0.05, 0.1) is 6.61 Å².